The Morgan fingerprint density at radius 3 is 2.67 bits per heavy atom. The van der Waals surface area contributed by atoms with Gasteiger partial charge in [0.25, 0.3) is 5.56 Å². The first-order chi connectivity index (χ1) is 8.43. The molecule has 2 rings (SSSR count). The summed E-state index contributed by atoms with van der Waals surface area (Å²) in [5, 5.41) is 1.52. The molecule has 0 amide bonds. The van der Waals surface area contributed by atoms with Gasteiger partial charge >= 0.3 is 0 Å². The molecule has 0 fully saturated rings. The number of nitrogens with two attached hydrogens (primary N) is 1. The number of benzene rings is 1. The van der Waals surface area contributed by atoms with Crippen molar-refractivity contribution in [3.05, 3.63) is 40.2 Å². The molecule has 0 aliphatic rings. The molecule has 1 aromatic carbocycles. The summed E-state index contributed by atoms with van der Waals surface area (Å²) < 4.78 is 15.0. The summed E-state index contributed by atoms with van der Waals surface area (Å²) in [4.78, 5) is 16.6. The maximum absolute atomic E-state index is 13.7. The van der Waals surface area contributed by atoms with Crippen LogP contribution in [0.5, 0.6) is 0 Å². The van der Waals surface area contributed by atoms with Gasteiger partial charge in [0.2, 0.25) is 0 Å². The van der Waals surface area contributed by atoms with E-state index < -0.39 is 17.4 Å². The van der Waals surface area contributed by atoms with Crippen LogP contribution in [-0.4, -0.2) is 23.8 Å². The Bertz CT molecular complexity index is 648. The van der Waals surface area contributed by atoms with Crippen LogP contribution in [0.4, 0.5) is 4.39 Å². The van der Waals surface area contributed by atoms with Crippen molar-refractivity contribution >= 4 is 10.9 Å². The number of rotatable bonds is 2. The van der Waals surface area contributed by atoms with Crippen molar-refractivity contribution in [3.8, 4) is 0 Å². The summed E-state index contributed by atoms with van der Waals surface area (Å²) in [5.41, 5.74) is 5.68. The Kier molecular flexibility index (Phi) is 3.04. The van der Waals surface area contributed by atoms with E-state index in [0.717, 1.165) is 0 Å². The normalized spacial score (nSPS) is 12.7. The van der Waals surface area contributed by atoms with E-state index in [2.05, 4.69) is 4.98 Å². The van der Waals surface area contributed by atoms with Gasteiger partial charge in [0, 0.05) is 14.1 Å². The molecule has 96 valence electrons. The monoisotopic (exact) mass is 250 g/mol. The smallest absolute Gasteiger partial charge is 0.283 e. The number of nitrogens with zero attached hydrogens (tertiary/aromatic N) is 3. The van der Waals surface area contributed by atoms with Crippen LogP contribution in [-0.2, 0) is 0 Å². The predicted molar refractivity (Wildman–Crippen MR) is 68.6 cm³/mol. The number of aromatic nitrogens is 2. The third kappa shape index (κ3) is 1.84. The van der Waals surface area contributed by atoms with Crippen molar-refractivity contribution in [3.63, 3.8) is 0 Å². The van der Waals surface area contributed by atoms with E-state index in [1.165, 1.54) is 16.8 Å². The highest BCUT2D eigenvalue weighted by Crippen LogP contribution is 2.14. The van der Waals surface area contributed by atoms with Gasteiger partial charge in [0.15, 0.2) is 0 Å². The van der Waals surface area contributed by atoms with Crippen molar-refractivity contribution in [2.24, 2.45) is 5.73 Å². The van der Waals surface area contributed by atoms with E-state index >= 15 is 0 Å². The van der Waals surface area contributed by atoms with E-state index in [0.29, 0.717) is 11.3 Å². The molecule has 0 radical (unpaired) electrons. The van der Waals surface area contributed by atoms with Crippen molar-refractivity contribution < 1.29 is 4.39 Å². The second-order valence-corrected chi connectivity index (χ2v) is 4.36. The molecule has 18 heavy (non-hydrogen) atoms. The summed E-state index contributed by atoms with van der Waals surface area (Å²) >= 11 is 0. The SMILES string of the molecule is CC(N)c1nc2cccc(F)c2c(=O)n1N(C)C. The zero-order valence-corrected chi connectivity index (χ0v) is 10.5. The minimum absolute atomic E-state index is 0.0180. The summed E-state index contributed by atoms with van der Waals surface area (Å²) in [5.74, 6) is -0.167. The molecule has 2 aromatic rings. The van der Waals surface area contributed by atoms with Crippen LogP contribution in [0.3, 0.4) is 0 Å². The van der Waals surface area contributed by atoms with Gasteiger partial charge in [-0.3, -0.25) is 4.79 Å². The molecule has 0 aliphatic carbocycles. The van der Waals surface area contributed by atoms with Crippen LogP contribution in [0.15, 0.2) is 23.0 Å². The molecule has 0 spiro atoms. The summed E-state index contributed by atoms with van der Waals surface area (Å²) in [6.07, 6.45) is 0. The largest absolute Gasteiger partial charge is 0.322 e. The van der Waals surface area contributed by atoms with Crippen molar-refractivity contribution in [1.82, 2.24) is 9.66 Å². The second kappa shape index (κ2) is 4.38. The Balaban J connectivity index is 2.96. The highest BCUT2D eigenvalue weighted by atomic mass is 19.1. The number of fused-ring (bicyclic) bond motifs is 1. The first-order valence-corrected chi connectivity index (χ1v) is 5.58. The van der Waals surface area contributed by atoms with Gasteiger partial charge in [-0.15, -0.1) is 0 Å². The van der Waals surface area contributed by atoms with E-state index in [4.69, 9.17) is 5.73 Å². The maximum Gasteiger partial charge on any atom is 0.283 e. The van der Waals surface area contributed by atoms with Gasteiger partial charge in [0.1, 0.15) is 17.0 Å². The molecule has 0 aliphatic heterocycles. The van der Waals surface area contributed by atoms with Crippen LogP contribution >= 0.6 is 0 Å². The van der Waals surface area contributed by atoms with Crippen molar-refractivity contribution in [1.29, 1.82) is 0 Å². The van der Waals surface area contributed by atoms with E-state index in [9.17, 15) is 9.18 Å². The molecule has 5 nitrogen and oxygen atoms in total. The van der Waals surface area contributed by atoms with E-state index in [1.807, 2.05) is 0 Å². The molecular formula is C12H15FN4O. The third-order valence-electron chi connectivity index (χ3n) is 2.66. The molecule has 1 heterocycles. The number of hydrogen-bond acceptors (Lipinski definition) is 4. The minimum Gasteiger partial charge on any atom is -0.322 e. The van der Waals surface area contributed by atoms with Crippen molar-refractivity contribution in [2.75, 3.05) is 19.1 Å². The van der Waals surface area contributed by atoms with Gasteiger partial charge in [-0.05, 0) is 19.1 Å². The standard InChI is InChI=1S/C12H15FN4O/c1-7(14)11-15-9-6-4-5-8(13)10(9)12(18)17(11)16(2)3/h4-7H,14H2,1-3H3. The molecule has 1 aromatic heterocycles. The van der Waals surface area contributed by atoms with Gasteiger partial charge in [-0.2, -0.15) is 0 Å². The lowest BCUT2D eigenvalue weighted by Crippen LogP contribution is -2.41. The molecular weight excluding hydrogens is 235 g/mol. The third-order valence-corrected chi connectivity index (χ3v) is 2.66. The van der Waals surface area contributed by atoms with Crippen LogP contribution in [0, 0.1) is 5.82 Å². The van der Waals surface area contributed by atoms with E-state index in [-0.39, 0.29) is 5.39 Å². The lowest BCUT2D eigenvalue weighted by molar-refractivity contribution is 0.586. The van der Waals surface area contributed by atoms with Crippen molar-refractivity contribution in [2.45, 2.75) is 13.0 Å². The zero-order chi connectivity index (χ0) is 13.4. The molecule has 0 saturated carbocycles. The fourth-order valence-corrected chi connectivity index (χ4v) is 1.88. The lowest BCUT2D eigenvalue weighted by Gasteiger charge is -2.22. The fraction of sp³-hybridized carbons (Fsp3) is 0.333. The van der Waals surface area contributed by atoms with Gasteiger partial charge in [-0.25, -0.2) is 14.1 Å². The summed E-state index contributed by atoms with van der Waals surface area (Å²) in [6, 6.07) is 3.95. The first kappa shape index (κ1) is 12.5. The number of halogens is 1. The second-order valence-electron chi connectivity index (χ2n) is 4.36. The highest BCUT2D eigenvalue weighted by Gasteiger charge is 2.17. The van der Waals surface area contributed by atoms with Gasteiger partial charge < -0.3 is 10.7 Å². The van der Waals surface area contributed by atoms with Gasteiger partial charge in [-0.1, -0.05) is 6.07 Å². The number of hydrogen-bond donors (Lipinski definition) is 1. The van der Waals surface area contributed by atoms with Crippen LogP contribution in [0.2, 0.25) is 0 Å². The minimum atomic E-state index is -0.572. The Hall–Kier alpha value is -1.95. The predicted octanol–water partition coefficient (Wildman–Crippen LogP) is 0.753. The molecule has 1 atom stereocenters. The molecule has 1 unspecified atom stereocenters. The Morgan fingerprint density at radius 1 is 1.44 bits per heavy atom. The van der Waals surface area contributed by atoms with Gasteiger partial charge in [0.05, 0.1) is 11.6 Å². The zero-order valence-electron chi connectivity index (χ0n) is 10.5. The maximum atomic E-state index is 13.7. The quantitative estimate of drug-likeness (QED) is 0.854. The van der Waals surface area contributed by atoms with Crippen LogP contribution in [0.25, 0.3) is 10.9 Å². The first-order valence-electron chi connectivity index (χ1n) is 5.58. The molecule has 0 saturated heterocycles. The average Bonchev–Trinajstić information content (AvgIpc) is 2.27. The molecule has 0 bridgehead atoms. The fourth-order valence-electron chi connectivity index (χ4n) is 1.88. The molecule has 6 heteroatoms. The van der Waals surface area contributed by atoms with Crippen LogP contribution < -0.4 is 16.3 Å². The topological polar surface area (TPSA) is 64.1 Å². The highest BCUT2D eigenvalue weighted by molar-refractivity contribution is 5.78. The summed E-state index contributed by atoms with van der Waals surface area (Å²) in [7, 11) is 3.36. The lowest BCUT2D eigenvalue weighted by atomic mass is 10.2. The Morgan fingerprint density at radius 2 is 2.11 bits per heavy atom. The van der Waals surface area contributed by atoms with Crippen LogP contribution in [0.1, 0.15) is 18.8 Å². The molecule has 2 N–H and O–H groups in total. The Labute approximate surface area is 104 Å². The van der Waals surface area contributed by atoms with E-state index in [1.54, 1.807) is 32.1 Å². The summed E-state index contributed by atoms with van der Waals surface area (Å²) in [6.45, 7) is 1.73. The average molecular weight is 250 g/mol.